The maximum Gasteiger partial charge on any atom is 0.133 e. The molecular formula is C17H28BrN3. The first-order valence-electron chi connectivity index (χ1n) is 8.23. The first-order valence-corrected chi connectivity index (χ1v) is 9.03. The molecule has 0 aromatic carbocycles. The first-order chi connectivity index (χ1) is 10.1. The van der Waals surface area contributed by atoms with Crippen LogP contribution in [0.15, 0.2) is 16.7 Å². The fourth-order valence-electron chi connectivity index (χ4n) is 3.16. The average Bonchev–Trinajstić information content (AvgIpc) is 2.95. The highest BCUT2D eigenvalue weighted by Crippen LogP contribution is 2.30. The second-order valence-corrected chi connectivity index (χ2v) is 7.30. The summed E-state index contributed by atoms with van der Waals surface area (Å²) in [6, 6.07) is 2.89. The van der Waals surface area contributed by atoms with Crippen LogP contribution in [0.2, 0.25) is 0 Å². The van der Waals surface area contributed by atoms with E-state index in [1.165, 1.54) is 37.1 Å². The molecule has 1 heterocycles. The minimum Gasteiger partial charge on any atom is -0.354 e. The summed E-state index contributed by atoms with van der Waals surface area (Å²) in [5.41, 5.74) is 1.30. The van der Waals surface area contributed by atoms with Crippen molar-refractivity contribution in [3.8, 4) is 0 Å². The maximum atomic E-state index is 4.73. The highest BCUT2D eigenvalue weighted by Gasteiger charge is 2.24. The summed E-state index contributed by atoms with van der Waals surface area (Å²) in [6.45, 7) is 9.70. The van der Waals surface area contributed by atoms with Crippen LogP contribution in [0, 0.1) is 5.92 Å². The lowest BCUT2D eigenvalue weighted by Crippen LogP contribution is -2.35. The van der Waals surface area contributed by atoms with Gasteiger partial charge in [0.2, 0.25) is 0 Å². The zero-order valence-corrected chi connectivity index (χ0v) is 15.1. The van der Waals surface area contributed by atoms with Crippen LogP contribution in [0.4, 0.5) is 5.82 Å². The summed E-state index contributed by atoms with van der Waals surface area (Å²) < 4.78 is 1.06. The second kappa shape index (κ2) is 8.14. The lowest BCUT2D eigenvalue weighted by molar-refractivity contribution is 0.548. The Bertz CT molecular complexity index is 442. The Labute approximate surface area is 137 Å². The molecule has 0 spiro atoms. The summed E-state index contributed by atoms with van der Waals surface area (Å²) >= 11 is 3.56. The molecule has 1 aromatic rings. The minimum absolute atomic E-state index is 0.672. The van der Waals surface area contributed by atoms with E-state index in [4.69, 9.17) is 4.98 Å². The van der Waals surface area contributed by atoms with Crippen molar-refractivity contribution >= 4 is 21.7 Å². The fraction of sp³-hybridized carbons (Fsp3) is 0.706. The van der Waals surface area contributed by atoms with Crippen molar-refractivity contribution in [1.29, 1.82) is 0 Å². The van der Waals surface area contributed by atoms with Gasteiger partial charge in [-0.3, -0.25) is 0 Å². The van der Waals surface area contributed by atoms with Crippen LogP contribution < -0.4 is 10.2 Å². The molecule has 3 nitrogen and oxygen atoms in total. The summed E-state index contributed by atoms with van der Waals surface area (Å²) in [6.07, 6.45) is 7.27. The van der Waals surface area contributed by atoms with Crippen molar-refractivity contribution < 1.29 is 0 Å². The zero-order valence-electron chi connectivity index (χ0n) is 13.5. The van der Waals surface area contributed by atoms with E-state index >= 15 is 0 Å². The van der Waals surface area contributed by atoms with Gasteiger partial charge in [0.1, 0.15) is 5.82 Å². The number of aromatic nitrogens is 1. The molecule has 1 fully saturated rings. The zero-order chi connectivity index (χ0) is 15.2. The van der Waals surface area contributed by atoms with E-state index in [0.29, 0.717) is 12.0 Å². The van der Waals surface area contributed by atoms with Gasteiger partial charge in [0, 0.05) is 35.4 Å². The maximum absolute atomic E-state index is 4.73. The van der Waals surface area contributed by atoms with Gasteiger partial charge in [0.25, 0.3) is 0 Å². The van der Waals surface area contributed by atoms with Crippen molar-refractivity contribution in [3.63, 3.8) is 0 Å². The van der Waals surface area contributed by atoms with E-state index in [-0.39, 0.29) is 0 Å². The van der Waals surface area contributed by atoms with Crippen LogP contribution in [-0.2, 0) is 6.54 Å². The fourth-order valence-corrected chi connectivity index (χ4v) is 3.53. The van der Waals surface area contributed by atoms with Gasteiger partial charge in [-0.05, 0) is 54.2 Å². The van der Waals surface area contributed by atoms with Crippen molar-refractivity contribution in [1.82, 2.24) is 10.3 Å². The third-order valence-corrected chi connectivity index (χ3v) is 4.59. The SMILES string of the molecule is CCN(c1ncc(Br)cc1CNCC(C)C)C1CCCC1. The van der Waals surface area contributed by atoms with E-state index in [0.717, 1.165) is 24.1 Å². The number of halogens is 1. The number of pyridine rings is 1. The Kier molecular flexibility index (Phi) is 6.49. The molecule has 118 valence electrons. The molecule has 1 saturated carbocycles. The van der Waals surface area contributed by atoms with Gasteiger partial charge in [0.05, 0.1) is 0 Å². The summed E-state index contributed by atoms with van der Waals surface area (Å²) in [4.78, 5) is 7.24. The predicted molar refractivity (Wildman–Crippen MR) is 93.8 cm³/mol. The number of nitrogens with one attached hydrogen (secondary N) is 1. The molecule has 21 heavy (non-hydrogen) atoms. The van der Waals surface area contributed by atoms with Crippen molar-refractivity contribution in [2.75, 3.05) is 18.0 Å². The average molecular weight is 354 g/mol. The Balaban J connectivity index is 2.15. The number of hydrogen-bond donors (Lipinski definition) is 1. The van der Waals surface area contributed by atoms with E-state index < -0.39 is 0 Å². The Morgan fingerprint density at radius 1 is 1.38 bits per heavy atom. The molecule has 0 amide bonds. The van der Waals surface area contributed by atoms with E-state index in [1.807, 2.05) is 6.20 Å². The smallest absolute Gasteiger partial charge is 0.133 e. The number of anilines is 1. The molecule has 1 aromatic heterocycles. The molecule has 0 bridgehead atoms. The molecule has 0 aliphatic heterocycles. The largest absolute Gasteiger partial charge is 0.354 e. The van der Waals surface area contributed by atoms with Crippen LogP contribution in [0.1, 0.15) is 52.0 Å². The molecule has 1 N–H and O–H groups in total. The van der Waals surface area contributed by atoms with Gasteiger partial charge in [-0.15, -0.1) is 0 Å². The quantitative estimate of drug-likeness (QED) is 0.789. The van der Waals surface area contributed by atoms with Crippen molar-refractivity contribution in [2.24, 2.45) is 5.92 Å². The molecule has 1 aliphatic rings. The van der Waals surface area contributed by atoms with Crippen molar-refractivity contribution in [3.05, 3.63) is 22.3 Å². The molecule has 0 atom stereocenters. The van der Waals surface area contributed by atoms with Gasteiger partial charge in [-0.1, -0.05) is 26.7 Å². The molecule has 4 heteroatoms. The third-order valence-electron chi connectivity index (χ3n) is 4.16. The Morgan fingerprint density at radius 2 is 2.10 bits per heavy atom. The Hall–Kier alpha value is -0.610. The number of nitrogens with zero attached hydrogens (tertiary/aromatic N) is 2. The molecular weight excluding hydrogens is 326 g/mol. The van der Waals surface area contributed by atoms with Gasteiger partial charge in [0.15, 0.2) is 0 Å². The predicted octanol–water partition coefficient (Wildman–Crippen LogP) is 4.36. The van der Waals surface area contributed by atoms with Crippen LogP contribution >= 0.6 is 15.9 Å². The standard InChI is InChI=1S/C17H28BrN3/c1-4-21(16-7-5-6-8-16)17-14(9-15(18)12-20-17)11-19-10-13(2)3/h9,12-13,16,19H,4-8,10-11H2,1-3H3. The lowest BCUT2D eigenvalue weighted by Gasteiger charge is -2.30. The monoisotopic (exact) mass is 353 g/mol. The highest BCUT2D eigenvalue weighted by atomic mass is 79.9. The van der Waals surface area contributed by atoms with Crippen LogP contribution in [0.5, 0.6) is 0 Å². The van der Waals surface area contributed by atoms with Gasteiger partial charge >= 0.3 is 0 Å². The Morgan fingerprint density at radius 3 is 2.71 bits per heavy atom. The number of hydrogen-bond acceptors (Lipinski definition) is 3. The van der Waals surface area contributed by atoms with Gasteiger partial charge in [-0.2, -0.15) is 0 Å². The third kappa shape index (κ3) is 4.68. The van der Waals surface area contributed by atoms with Crippen LogP contribution in [0.25, 0.3) is 0 Å². The molecule has 1 aliphatic carbocycles. The number of rotatable bonds is 7. The van der Waals surface area contributed by atoms with Gasteiger partial charge in [-0.25, -0.2) is 4.98 Å². The van der Waals surface area contributed by atoms with E-state index in [1.54, 1.807) is 0 Å². The van der Waals surface area contributed by atoms with Crippen LogP contribution in [-0.4, -0.2) is 24.1 Å². The second-order valence-electron chi connectivity index (χ2n) is 6.39. The first kappa shape index (κ1) is 16.8. The van der Waals surface area contributed by atoms with Crippen molar-refractivity contribution in [2.45, 2.75) is 59.0 Å². The summed E-state index contributed by atoms with van der Waals surface area (Å²) in [5, 5.41) is 3.55. The molecule has 0 saturated heterocycles. The molecule has 2 rings (SSSR count). The van der Waals surface area contributed by atoms with E-state index in [2.05, 4.69) is 53.0 Å². The molecule has 0 radical (unpaired) electrons. The minimum atomic E-state index is 0.672. The highest BCUT2D eigenvalue weighted by molar-refractivity contribution is 9.10. The topological polar surface area (TPSA) is 28.2 Å². The van der Waals surface area contributed by atoms with E-state index in [9.17, 15) is 0 Å². The van der Waals surface area contributed by atoms with Crippen LogP contribution in [0.3, 0.4) is 0 Å². The summed E-state index contributed by atoms with van der Waals surface area (Å²) in [5.74, 6) is 1.84. The normalized spacial score (nSPS) is 15.9. The summed E-state index contributed by atoms with van der Waals surface area (Å²) in [7, 11) is 0. The lowest BCUT2D eigenvalue weighted by atomic mass is 10.1. The van der Waals surface area contributed by atoms with Gasteiger partial charge < -0.3 is 10.2 Å². The molecule has 0 unspecified atom stereocenters.